The molecule has 39 heavy (non-hydrogen) atoms. The van der Waals surface area contributed by atoms with Crippen LogP contribution in [0.5, 0.6) is 5.75 Å². The summed E-state index contributed by atoms with van der Waals surface area (Å²) in [6.45, 7) is 5.15. The van der Waals surface area contributed by atoms with Crippen molar-refractivity contribution in [2.24, 2.45) is 5.73 Å². The molecule has 1 unspecified atom stereocenters. The highest BCUT2D eigenvalue weighted by molar-refractivity contribution is 6.31. The fourth-order valence-electron chi connectivity index (χ4n) is 5.07. The number of piperidine rings is 1. The summed E-state index contributed by atoms with van der Waals surface area (Å²) in [5.41, 5.74) is 7.13. The van der Waals surface area contributed by atoms with Crippen LogP contribution in [-0.4, -0.2) is 58.5 Å². The van der Waals surface area contributed by atoms with Crippen LogP contribution >= 0.6 is 11.6 Å². The van der Waals surface area contributed by atoms with Crippen molar-refractivity contribution in [2.45, 2.75) is 58.7 Å². The summed E-state index contributed by atoms with van der Waals surface area (Å²) in [5.74, 6) is -0.217. The lowest BCUT2D eigenvalue weighted by Crippen LogP contribution is -2.50. The summed E-state index contributed by atoms with van der Waals surface area (Å²) in [4.78, 5) is 45.3. The number of nitrogens with zero attached hydrogens (tertiary/aromatic N) is 3. The lowest BCUT2D eigenvalue weighted by atomic mass is 10.1. The number of carbonyl (C=O) groups excluding carboxylic acids is 3. The van der Waals surface area contributed by atoms with Gasteiger partial charge >= 0.3 is 12.0 Å². The van der Waals surface area contributed by atoms with Gasteiger partial charge < -0.3 is 20.1 Å². The van der Waals surface area contributed by atoms with Gasteiger partial charge in [-0.3, -0.25) is 14.6 Å². The second-order valence-electron chi connectivity index (χ2n) is 9.49. The Morgan fingerprint density at radius 2 is 1.90 bits per heavy atom. The Hall–Kier alpha value is -3.72. The summed E-state index contributed by atoms with van der Waals surface area (Å²) in [6, 6.07) is 13.2. The molecule has 2 N–H and O–H groups in total. The second kappa shape index (κ2) is 12.9. The molecule has 2 aliphatic rings. The third-order valence-electron chi connectivity index (χ3n) is 6.87. The van der Waals surface area contributed by atoms with Gasteiger partial charge in [0.15, 0.2) is 11.5 Å². The molecule has 0 bridgehead atoms. The first-order chi connectivity index (χ1) is 18.9. The first kappa shape index (κ1) is 28.3. The van der Waals surface area contributed by atoms with E-state index >= 15 is 0 Å². The van der Waals surface area contributed by atoms with Gasteiger partial charge in [0.05, 0.1) is 6.61 Å². The van der Waals surface area contributed by atoms with Crippen LogP contribution in [0, 0.1) is 0 Å². The number of primary amides is 1. The van der Waals surface area contributed by atoms with Gasteiger partial charge in [-0.25, -0.2) is 9.59 Å². The van der Waals surface area contributed by atoms with Crippen LogP contribution in [0.1, 0.15) is 61.9 Å². The normalized spacial score (nSPS) is 16.6. The van der Waals surface area contributed by atoms with E-state index in [1.165, 1.54) is 9.80 Å². The molecule has 2 heterocycles. The topological polar surface area (TPSA) is 105 Å². The molecule has 208 valence electrons. The fourth-order valence-corrected chi connectivity index (χ4v) is 5.26. The van der Waals surface area contributed by atoms with Gasteiger partial charge in [-0.2, -0.15) is 0 Å². The zero-order valence-corrected chi connectivity index (χ0v) is 23.2. The summed E-state index contributed by atoms with van der Waals surface area (Å²) < 4.78 is 11.5. The van der Waals surface area contributed by atoms with E-state index in [1.807, 2.05) is 43.0 Å². The van der Waals surface area contributed by atoms with E-state index in [2.05, 4.69) is 0 Å². The predicted molar refractivity (Wildman–Crippen MR) is 148 cm³/mol. The summed E-state index contributed by atoms with van der Waals surface area (Å²) in [6.07, 6.45) is 3.28. The molecule has 2 aliphatic heterocycles. The van der Waals surface area contributed by atoms with Crippen molar-refractivity contribution in [2.75, 3.05) is 19.7 Å². The van der Waals surface area contributed by atoms with E-state index in [1.54, 1.807) is 24.3 Å². The third kappa shape index (κ3) is 6.14. The van der Waals surface area contributed by atoms with Gasteiger partial charge in [0.2, 0.25) is 0 Å². The number of halogens is 1. The van der Waals surface area contributed by atoms with Crippen LogP contribution in [0.15, 0.2) is 60.0 Å². The van der Waals surface area contributed by atoms with Gasteiger partial charge in [-0.15, -0.1) is 0 Å². The minimum Gasteiger partial charge on any atom is -0.493 e. The van der Waals surface area contributed by atoms with E-state index in [0.717, 1.165) is 19.3 Å². The van der Waals surface area contributed by atoms with Crippen molar-refractivity contribution in [3.05, 3.63) is 76.2 Å². The Morgan fingerprint density at radius 3 is 2.62 bits per heavy atom. The SMILES string of the molecule is CCCCN(C(=O)c1cccc(Cl)c1)C1=C(C(=O)OCc2ccccc2OCC)N2CCCCC2N1C(N)=O. The predicted octanol–water partition coefficient (Wildman–Crippen LogP) is 5.10. The van der Waals surface area contributed by atoms with E-state index < -0.39 is 18.2 Å². The van der Waals surface area contributed by atoms with Gasteiger partial charge in [0.1, 0.15) is 18.5 Å². The highest BCUT2D eigenvalue weighted by Gasteiger charge is 2.48. The molecular formula is C29H35ClN4O5. The molecule has 0 aliphatic carbocycles. The first-order valence-electron chi connectivity index (χ1n) is 13.4. The van der Waals surface area contributed by atoms with Crippen molar-refractivity contribution in [1.29, 1.82) is 0 Å². The van der Waals surface area contributed by atoms with Crippen LogP contribution in [-0.2, 0) is 16.1 Å². The third-order valence-corrected chi connectivity index (χ3v) is 7.10. The van der Waals surface area contributed by atoms with Gasteiger partial charge in [-0.05, 0) is 56.9 Å². The molecule has 3 amide bonds. The maximum atomic E-state index is 13.9. The van der Waals surface area contributed by atoms with E-state index in [9.17, 15) is 14.4 Å². The van der Waals surface area contributed by atoms with Crippen LogP contribution in [0.3, 0.4) is 0 Å². The lowest BCUT2D eigenvalue weighted by Gasteiger charge is -2.36. The summed E-state index contributed by atoms with van der Waals surface area (Å²) in [5, 5.41) is 0.411. The number of unbranched alkanes of at least 4 members (excludes halogenated alkanes) is 1. The van der Waals surface area contributed by atoms with Crippen LogP contribution < -0.4 is 10.5 Å². The Kier molecular flexibility index (Phi) is 9.35. The summed E-state index contributed by atoms with van der Waals surface area (Å²) in [7, 11) is 0. The zero-order chi connectivity index (χ0) is 27.9. The molecule has 2 aromatic rings. The van der Waals surface area contributed by atoms with E-state index in [0.29, 0.717) is 47.9 Å². The number of rotatable bonds is 10. The smallest absolute Gasteiger partial charge is 0.358 e. The quantitative estimate of drug-likeness (QED) is 0.410. The monoisotopic (exact) mass is 554 g/mol. The standard InChI is InChI=1S/C29H35ClN4O5/c1-3-5-16-33(27(35)20-12-10-13-22(30)18-20)26-25(32-17-9-8-15-24(32)34(26)29(31)37)28(36)39-19-21-11-6-7-14-23(21)38-4-2/h6-7,10-14,18,24H,3-5,8-9,15-17,19H2,1-2H3,(H2,31,37). The number of benzene rings is 2. The minimum atomic E-state index is -0.730. The van der Waals surface area contributed by atoms with E-state index in [4.69, 9.17) is 26.8 Å². The number of fused-ring (bicyclic) bond motifs is 1. The molecule has 0 saturated carbocycles. The highest BCUT2D eigenvalue weighted by atomic mass is 35.5. The highest BCUT2D eigenvalue weighted by Crippen LogP contribution is 2.38. The number of para-hydroxylation sites is 1. The first-order valence-corrected chi connectivity index (χ1v) is 13.8. The molecule has 10 heteroatoms. The molecular weight excluding hydrogens is 520 g/mol. The zero-order valence-electron chi connectivity index (χ0n) is 22.4. The largest absolute Gasteiger partial charge is 0.493 e. The second-order valence-corrected chi connectivity index (χ2v) is 9.92. The maximum absolute atomic E-state index is 13.9. The van der Waals surface area contributed by atoms with E-state index in [-0.39, 0.29) is 30.6 Å². The number of hydrogen-bond acceptors (Lipinski definition) is 6. The number of urea groups is 1. The molecule has 1 atom stereocenters. The molecule has 0 radical (unpaired) electrons. The molecule has 1 saturated heterocycles. The van der Waals surface area contributed by atoms with Gasteiger partial charge in [-0.1, -0.05) is 49.2 Å². The number of amides is 3. The van der Waals surface area contributed by atoms with Crippen molar-refractivity contribution in [3.8, 4) is 5.75 Å². The van der Waals surface area contributed by atoms with Crippen LogP contribution in [0.4, 0.5) is 4.79 Å². The van der Waals surface area contributed by atoms with Crippen molar-refractivity contribution in [3.63, 3.8) is 0 Å². The minimum absolute atomic E-state index is 0.0297. The molecule has 1 fully saturated rings. The van der Waals surface area contributed by atoms with Crippen LogP contribution in [0.2, 0.25) is 5.02 Å². The number of esters is 1. The van der Waals surface area contributed by atoms with Crippen molar-refractivity contribution in [1.82, 2.24) is 14.7 Å². The molecule has 0 aromatic heterocycles. The molecule has 2 aromatic carbocycles. The van der Waals surface area contributed by atoms with Crippen molar-refractivity contribution < 1.29 is 23.9 Å². The number of carbonyl (C=O) groups is 3. The molecule has 4 rings (SSSR count). The van der Waals surface area contributed by atoms with Crippen molar-refractivity contribution >= 4 is 29.5 Å². The van der Waals surface area contributed by atoms with Gasteiger partial charge in [0.25, 0.3) is 5.91 Å². The van der Waals surface area contributed by atoms with Gasteiger partial charge in [0, 0.05) is 29.2 Å². The van der Waals surface area contributed by atoms with Crippen LogP contribution in [0.25, 0.3) is 0 Å². The Morgan fingerprint density at radius 1 is 1.10 bits per heavy atom. The Labute approximate surface area is 234 Å². The average molecular weight is 555 g/mol. The molecule has 0 spiro atoms. The Balaban J connectivity index is 1.77. The lowest BCUT2D eigenvalue weighted by molar-refractivity contribution is -0.142. The number of nitrogens with two attached hydrogens (primary N) is 1. The number of hydrogen-bond donors (Lipinski definition) is 1. The molecule has 9 nitrogen and oxygen atoms in total. The maximum Gasteiger partial charge on any atom is 0.358 e. The fraction of sp³-hybridized carbons (Fsp3) is 0.414. The average Bonchev–Trinajstić information content (AvgIpc) is 3.28. The summed E-state index contributed by atoms with van der Waals surface area (Å²) >= 11 is 6.19. The number of ether oxygens (including phenoxy) is 2. The Bertz CT molecular complexity index is 1250.